The van der Waals surface area contributed by atoms with Gasteiger partial charge in [-0.2, -0.15) is 4.98 Å². The molecule has 0 saturated carbocycles. The van der Waals surface area contributed by atoms with Crippen molar-refractivity contribution in [2.24, 2.45) is 0 Å². The highest BCUT2D eigenvalue weighted by Crippen LogP contribution is 2.36. The summed E-state index contributed by atoms with van der Waals surface area (Å²) in [6.45, 7) is 5.59. The number of terminal acetylenes is 1. The minimum absolute atomic E-state index is 0.166. The van der Waals surface area contributed by atoms with Gasteiger partial charge >= 0.3 is 0 Å². The van der Waals surface area contributed by atoms with Crippen LogP contribution in [0.25, 0.3) is 0 Å². The van der Waals surface area contributed by atoms with E-state index in [1.165, 1.54) is 11.1 Å². The molecule has 1 aliphatic carbocycles. The molecule has 0 fully saturated rings. The van der Waals surface area contributed by atoms with Gasteiger partial charge in [-0.25, -0.2) is 0 Å². The molecule has 0 saturated heterocycles. The van der Waals surface area contributed by atoms with E-state index < -0.39 is 0 Å². The summed E-state index contributed by atoms with van der Waals surface area (Å²) in [6, 6.07) is 8.86. The van der Waals surface area contributed by atoms with E-state index in [1.54, 1.807) is 0 Å². The van der Waals surface area contributed by atoms with E-state index in [2.05, 4.69) is 45.2 Å². The number of rotatable bonds is 7. The van der Waals surface area contributed by atoms with Gasteiger partial charge in [0.15, 0.2) is 5.82 Å². The average molecular weight is 325 g/mol. The van der Waals surface area contributed by atoms with Gasteiger partial charge < -0.3 is 9.26 Å². The summed E-state index contributed by atoms with van der Waals surface area (Å²) in [7, 11) is 0. The van der Waals surface area contributed by atoms with Gasteiger partial charge in [0.25, 0.3) is 0 Å². The van der Waals surface area contributed by atoms with Crippen LogP contribution < -0.4 is 0 Å². The predicted octanol–water partition coefficient (Wildman–Crippen LogP) is 3.29. The van der Waals surface area contributed by atoms with Crippen molar-refractivity contribution in [1.29, 1.82) is 0 Å². The number of aryl methyl sites for hydroxylation is 1. The van der Waals surface area contributed by atoms with Gasteiger partial charge in [-0.3, -0.25) is 4.90 Å². The molecule has 24 heavy (non-hydrogen) atoms. The lowest BCUT2D eigenvalue weighted by Gasteiger charge is -2.26. The number of hydrogen-bond donors (Lipinski definition) is 0. The van der Waals surface area contributed by atoms with Crippen molar-refractivity contribution in [3.05, 3.63) is 47.1 Å². The first-order valence-corrected chi connectivity index (χ1v) is 8.42. The van der Waals surface area contributed by atoms with Gasteiger partial charge in [0.2, 0.25) is 5.89 Å². The Labute approximate surface area is 143 Å². The molecule has 2 atom stereocenters. The van der Waals surface area contributed by atoms with Crippen LogP contribution in [-0.4, -0.2) is 28.2 Å². The zero-order valence-electron chi connectivity index (χ0n) is 14.2. The zero-order valence-corrected chi connectivity index (χ0v) is 14.2. The Kier molecular flexibility index (Phi) is 5.29. The lowest BCUT2D eigenvalue weighted by atomic mass is 10.1. The van der Waals surface area contributed by atoms with Crippen molar-refractivity contribution in [2.75, 3.05) is 13.2 Å². The van der Waals surface area contributed by atoms with Crippen molar-refractivity contribution in [3.8, 4) is 12.3 Å². The molecule has 0 bridgehead atoms. The maximum atomic E-state index is 5.59. The number of ether oxygens (including phenoxy) is 1. The van der Waals surface area contributed by atoms with Crippen molar-refractivity contribution in [2.45, 2.75) is 45.4 Å². The van der Waals surface area contributed by atoms with E-state index in [-0.39, 0.29) is 6.10 Å². The Morgan fingerprint density at radius 2 is 2.29 bits per heavy atom. The first kappa shape index (κ1) is 16.7. The third kappa shape index (κ3) is 3.50. The maximum absolute atomic E-state index is 5.59. The van der Waals surface area contributed by atoms with Crippen LogP contribution in [0.3, 0.4) is 0 Å². The molecule has 0 amide bonds. The zero-order chi connectivity index (χ0) is 16.9. The standard InChI is InChI=1S/C19H23N3O2/c1-4-12-22(17-11-10-15-8-6-7-9-16(15)17)13-18-20-19(21-24-18)14(3)23-5-2/h1,6-9,14,17H,5,10-13H2,2-3H3/t14-,17-/m0/s1. The second-order valence-corrected chi connectivity index (χ2v) is 6.01. The smallest absolute Gasteiger partial charge is 0.240 e. The molecule has 5 nitrogen and oxygen atoms in total. The average Bonchev–Trinajstić information content (AvgIpc) is 3.21. The summed E-state index contributed by atoms with van der Waals surface area (Å²) in [6.07, 6.45) is 7.57. The number of benzene rings is 1. The molecule has 1 aromatic carbocycles. The minimum Gasteiger partial charge on any atom is -0.371 e. The lowest BCUT2D eigenvalue weighted by Crippen LogP contribution is -2.27. The third-order valence-corrected chi connectivity index (χ3v) is 4.44. The fourth-order valence-electron chi connectivity index (χ4n) is 3.30. The normalized spacial score (nSPS) is 17.7. The summed E-state index contributed by atoms with van der Waals surface area (Å²) >= 11 is 0. The molecule has 0 spiro atoms. The van der Waals surface area contributed by atoms with Crippen LogP contribution in [0, 0.1) is 12.3 Å². The fourth-order valence-corrected chi connectivity index (χ4v) is 3.30. The van der Waals surface area contributed by atoms with Crippen LogP contribution in [0.2, 0.25) is 0 Å². The van der Waals surface area contributed by atoms with Crippen molar-refractivity contribution in [1.82, 2.24) is 15.0 Å². The van der Waals surface area contributed by atoms with Crippen molar-refractivity contribution >= 4 is 0 Å². The number of nitrogens with zero attached hydrogens (tertiary/aromatic N) is 3. The molecular formula is C19H23N3O2. The quantitative estimate of drug-likeness (QED) is 0.731. The Hall–Kier alpha value is -2.16. The number of hydrogen-bond acceptors (Lipinski definition) is 5. The summed E-state index contributed by atoms with van der Waals surface area (Å²) in [5, 5.41) is 4.03. The second kappa shape index (κ2) is 7.61. The van der Waals surface area contributed by atoms with Crippen LogP contribution in [0.15, 0.2) is 28.8 Å². The van der Waals surface area contributed by atoms with Crippen LogP contribution >= 0.6 is 0 Å². The van der Waals surface area contributed by atoms with Crippen molar-refractivity contribution in [3.63, 3.8) is 0 Å². The second-order valence-electron chi connectivity index (χ2n) is 6.01. The summed E-state index contributed by atoms with van der Waals surface area (Å²) in [4.78, 5) is 6.70. The third-order valence-electron chi connectivity index (χ3n) is 4.44. The van der Waals surface area contributed by atoms with E-state index >= 15 is 0 Å². The summed E-state index contributed by atoms with van der Waals surface area (Å²) in [5.41, 5.74) is 2.76. The SMILES string of the molecule is C#CCN(Cc1nc([C@H](C)OCC)no1)[C@H]1CCc2ccccc21. The highest BCUT2D eigenvalue weighted by atomic mass is 16.5. The first-order valence-electron chi connectivity index (χ1n) is 8.42. The van der Waals surface area contributed by atoms with Gasteiger partial charge in [-0.05, 0) is 37.8 Å². The fraction of sp³-hybridized carbons (Fsp3) is 0.474. The van der Waals surface area contributed by atoms with E-state index in [4.69, 9.17) is 15.7 Å². The Bertz CT molecular complexity index is 719. The Morgan fingerprint density at radius 3 is 3.08 bits per heavy atom. The Morgan fingerprint density at radius 1 is 1.46 bits per heavy atom. The molecular weight excluding hydrogens is 302 g/mol. The molecule has 126 valence electrons. The van der Waals surface area contributed by atoms with Gasteiger partial charge in [0.05, 0.1) is 13.1 Å². The molecule has 1 heterocycles. The van der Waals surface area contributed by atoms with Crippen LogP contribution in [-0.2, 0) is 17.7 Å². The predicted molar refractivity (Wildman–Crippen MR) is 91.1 cm³/mol. The highest BCUT2D eigenvalue weighted by Gasteiger charge is 2.28. The summed E-state index contributed by atoms with van der Waals surface area (Å²) in [5.74, 6) is 3.92. The minimum atomic E-state index is -0.166. The molecule has 0 N–H and O–H groups in total. The maximum Gasteiger partial charge on any atom is 0.240 e. The van der Waals surface area contributed by atoms with Crippen LogP contribution in [0.5, 0.6) is 0 Å². The molecule has 0 radical (unpaired) electrons. The lowest BCUT2D eigenvalue weighted by molar-refractivity contribution is 0.0683. The van der Waals surface area contributed by atoms with Gasteiger partial charge in [0, 0.05) is 12.6 Å². The van der Waals surface area contributed by atoms with E-state index in [9.17, 15) is 0 Å². The summed E-state index contributed by atoms with van der Waals surface area (Å²) < 4.78 is 10.9. The topological polar surface area (TPSA) is 51.4 Å². The molecule has 2 aromatic rings. The van der Waals surface area contributed by atoms with Crippen molar-refractivity contribution < 1.29 is 9.26 Å². The molecule has 5 heteroatoms. The molecule has 3 rings (SSSR count). The number of aromatic nitrogens is 2. The first-order chi connectivity index (χ1) is 11.7. The largest absolute Gasteiger partial charge is 0.371 e. The van der Waals surface area contributed by atoms with Crippen LogP contribution in [0.4, 0.5) is 0 Å². The van der Waals surface area contributed by atoms with Gasteiger partial charge in [0.1, 0.15) is 6.10 Å². The van der Waals surface area contributed by atoms with E-state index in [1.807, 2.05) is 13.8 Å². The highest BCUT2D eigenvalue weighted by molar-refractivity contribution is 5.34. The van der Waals surface area contributed by atoms with Crippen LogP contribution in [0.1, 0.15) is 55.3 Å². The molecule has 0 unspecified atom stereocenters. The molecule has 1 aliphatic rings. The Balaban J connectivity index is 1.75. The van der Waals surface area contributed by atoms with E-state index in [0.29, 0.717) is 37.5 Å². The number of fused-ring (bicyclic) bond motifs is 1. The molecule has 1 aromatic heterocycles. The van der Waals surface area contributed by atoms with Gasteiger partial charge in [-0.15, -0.1) is 6.42 Å². The molecule has 0 aliphatic heterocycles. The monoisotopic (exact) mass is 325 g/mol. The van der Waals surface area contributed by atoms with E-state index in [0.717, 1.165) is 12.8 Å². The van der Waals surface area contributed by atoms with Gasteiger partial charge in [-0.1, -0.05) is 35.3 Å².